The van der Waals surface area contributed by atoms with E-state index < -0.39 is 11.5 Å². The first-order valence-electron chi connectivity index (χ1n) is 6.35. The first-order chi connectivity index (χ1) is 8.03. The van der Waals surface area contributed by atoms with Crippen LogP contribution in [-0.2, 0) is 4.79 Å². The van der Waals surface area contributed by atoms with Crippen LogP contribution in [0.2, 0.25) is 0 Å². The van der Waals surface area contributed by atoms with E-state index in [0.29, 0.717) is 18.8 Å². The highest BCUT2D eigenvalue weighted by atomic mass is 16.4. The van der Waals surface area contributed by atoms with Gasteiger partial charge in [-0.05, 0) is 44.9 Å². The predicted molar refractivity (Wildman–Crippen MR) is 62.7 cm³/mol. The zero-order chi connectivity index (χ0) is 12.5. The molecular formula is C12H20N2O3. The molecule has 1 atom stereocenters. The Bertz CT molecular complexity index is 322. The second-order valence-electron chi connectivity index (χ2n) is 5.32. The monoisotopic (exact) mass is 240 g/mol. The Labute approximate surface area is 101 Å². The van der Waals surface area contributed by atoms with E-state index in [1.807, 2.05) is 6.92 Å². The summed E-state index contributed by atoms with van der Waals surface area (Å²) in [6.07, 6.45) is 5.49. The largest absolute Gasteiger partial charge is 0.480 e. The van der Waals surface area contributed by atoms with Gasteiger partial charge in [0.2, 0.25) is 0 Å². The Morgan fingerprint density at radius 2 is 1.94 bits per heavy atom. The van der Waals surface area contributed by atoms with Gasteiger partial charge in [-0.3, -0.25) is 0 Å². The quantitative estimate of drug-likeness (QED) is 0.696. The van der Waals surface area contributed by atoms with Crippen LogP contribution in [0.3, 0.4) is 0 Å². The van der Waals surface area contributed by atoms with Gasteiger partial charge in [-0.1, -0.05) is 6.42 Å². The van der Waals surface area contributed by atoms with Gasteiger partial charge in [0, 0.05) is 6.04 Å². The number of nitrogens with one attached hydrogen (secondary N) is 2. The topological polar surface area (TPSA) is 78.4 Å². The number of rotatable bonds is 4. The second kappa shape index (κ2) is 4.55. The van der Waals surface area contributed by atoms with Crippen molar-refractivity contribution in [3.05, 3.63) is 0 Å². The molecule has 2 amide bonds. The molecule has 0 saturated heterocycles. The highest BCUT2D eigenvalue weighted by Crippen LogP contribution is 2.32. The van der Waals surface area contributed by atoms with E-state index >= 15 is 0 Å². The van der Waals surface area contributed by atoms with Crippen molar-refractivity contribution >= 4 is 12.0 Å². The van der Waals surface area contributed by atoms with Crippen molar-refractivity contribution in [2.45, 2.75) is 57.0 Å². The van der Waals surface area contributed by atoms with Crippen molar-refractivity contribution in [2.24, 2.45) is 5.92 Å². The zero-order valence-corrected chi connectivity index (χ0v) is 10.2. The molecule has 5 nitrogen and oxygen atoms in total. The molecule has 0 radical (unpaired) electrons. The van der Waals surface area contributed by atoms with E-state index in [-0.39, 0.29) is 12.1 Å². The van der Waals surface area contributed by atoms with Crippen LogP contribution in [0, 0.1) is 5.92 Å². The van der Waals surface area contributed by atoms with Gasteiger partial charge in [0.25, 0.3) is 0 Å². The lowest BCUT2D eigenvalue weighted by Crippen LogP contribution is -2.62. The van der Waals surface area contributed by atoms with Crippen LogP contribution < -0.4 is 10.6 Å². The minimum atomic E-state index is -1.01. The number of amides is 2. The third-order valence-corrected chi connectivity index (χ3v) is 4.19. The van der Waals surface area contributed by atoms with Crippen LogP contribution in [0.15, 0.2) is 0 Å². The molecule has 1 unspecified atom stereocenters. The molecule has 2 fully saturated rings. The van der Waals surface area contributed by atoms with Crippen molar-refractivity contribution in [1.82, 2.24) is 10.6 Å². The molecule has 0 aromatic carbocycles. The van der Waals surface area contributed by atoms with Crippen LogP contribution in [0.25, 0.3) is 0 Å². The van der Waals surface area contributed by atoms with Gasteiger partial charge < -0.3 is 15.7 Å². The van der Waals surface area contributed by atoms with E-state index in [0.717, 1.165) is 19.3 Å². The summed E-state index contributed by atoms with van der Waals surface area (Å²) in [5, 5.41) is 14.6. The standard InChI is InChI=1S/C12H20N2O3/c1-8(9-4-2-5-9)13-11(17)14-12(10(15)16)6-3-7-12/h8-9H,2-7H2,1H3,(H,15,16)(H2,13,14,17). The molecule has 17 heavy (non-hydrogen) atoms. The van der Waals surface area contributed by atoms with E-state index in [1.165, 1.54) is 6.42 Å². The van der Waals surface area contributed by atoms with Crippen molar-refractivity contribution in [2.75, 3.05) is 0 Å². The highest BCUT2D eigenvalue weighted by Gasteiger charge is 2.45. The van der Waals surface area contributed by atoms with Crippen molar-refractivity contribution in [3.8, 4) is 0 Å². The van der Waals surface area contributed by atoms with Crippen LogP contribution in [0.5, 0.6) is 0 Å². The maximum atomic E-state index is 11.7. The molecule has 0 aromatic rings. The van der Waals surface area contributed by atoms with Gasteiger partial charge in [0.1, 0.15) is 5.54 Å². The minimum Gasteiger partial charge on any atom is -0.480 e. The Hall–Kier alpha value is -1.26. The fourth-order valence-corrected chi connectivity index (χ4v) is 2.44. The molecule has 96 valence electrons. The zero-order valence-electron chi connectivity index (χ0n) is 10.2. The molecule has 0 spiro atoms. The summed E-state index contributed by atoms with van der Waals surface area (Å²) in [6.45, 7) is 1.98. The fourth-order valence-electron chi connectivity index (χ4n) is 2.44. The van der Waals surface area contributed by atoms with E-state index in [2.05, 4.69) is 10.6 Å². The summed E-state index contributed by atoms with van der Waals surface area (Å²) in [5.41, 5.74) is -1.01. The fraction of sp³-hybridized carbons (Fsp3) is 0.833. The lowest BCUT2D eigenvalue weighted by molar-refractivity contribution is -0.148. The van der Waals surface area contributed by atoms with Crippen LogP contribution in [-0.4, -0.2) is 28.7 Å². The van der Waals surface area contributed by atoms with Gasteiger partial charge in [0.15, 0.2) is 0 Å². The third-order valence-electron chi connectivity index (χ3n) is 4.19. The van der Waals surface area contributed by atoms with Gasteiger partial charge in [-0.25, -0.2) is 9.59 Å². The predicted octanol–water partition coefficient (Wildman–Crippen LogP) is 1.48. The van der Waals surface area contributed by atoms with Crippen molar-refractivity contribution in [1.29, 1.82) is 0 Å². The molecule has 3 N–H and O–H groups in total. The summed E-state index contributed by atoms with van der Waals surface area (Å²) >= 11 is 0. The number of carboxylic acids is 1. The summed E-state index contributed by atoms with van der Waals surface area (Å²) in [5.74, 6) is -0.363. The average molecular weight is 240 g/mol. The summed E-state index contributed by atoms with van der Waals surface area (Å²) < 4.78 is 0. The molecule has 0 aromatic heterocycles. The number of carbonyl (C=O) groups is 2. The lowest BCUT2D eigenvalue weighted by atomic mass is 9.77. The van der Waals surface area contributed by atoms with Crippen LogP contribution in [0.4, 0.5) is 4.79 Å². The molecular weight excluding hydrogens is 220 g/mol. The first-order valence-corrected chi connectivity index (χ1v) is 6.35. The number of carbonyl (C=O) groups excluding carboxylic acids is 1. The van der Waals surface area contributed by atoms with Gasteiger partial charge in [-0.15, -0.1) is 0 Å². The van der Waals surface area contributed by atoms with E-state index in [4.69, 9.17) is 5.11 Å². The number of hydrogen-bond donors (Lipinski definition) is 3. The maximum Gasteiger partial charge on any atom is 0.329 e. The number of hydrogen-bond acceptors (Lipinski definition) is 2. The minimum absolute atomic E-state index is 0.134. The number of urea groups is 1. The maximum absolute atomic E-state index is 11.7. The molecule has 2 aliphatic carbocycles. The molecule has 0 heterocycles. The Morgan fingerprint density at radius 1 is 1.29 bits per heavy atom. The van der Waals surface area contributed by atoms with E-state index in [1.54, 1.807) is 0 Å². The Balaban J connectivity index is 1.81. The SMILES string of the molecule is CC(NC(=O)NC1(C(=O)O)CCC1)C1CCC1. The van der Waals surface area contributed by atoms with E-state index in [9.17, 15) is 9.59 Å². The molecule has 5 heteroatoms. The van der Waals surface area contributed by atoms with Crippen LogP contribution >= 0.6 is 0 Å². The second-order valence-corrected chi connectivity index (χ2v) is 5.32. The normalized spacial score (nSPS) is 24.1. The average Bonchev–Trinajstić information content (AvgIpc) is 2.07. The van der Waals surface area contributed by atoms with Gasteiger partial charge >= 0.3 is 12.0 Å². The summed E-state index contributed by atoms with van der Waals surface area (Å²) in [4.78, 5) is 22.8. The van der Waals surface area contributed by atoms with Gasteiger partial charge in [0.05, 0.1) is 0 Å². The molecule has 2 saturated carbocycles. The number of carboxylic acid groups (broad SMARTS) is 1. The Morgan fingerprint density at radius 3 is 2.29 bits per heavy atom. The first kappa shape index (κ1) is 12.2. The molecule has 0 bridgehead atoms. The molecule has 0 aliphatic heterocycles. The van der Waals surface area contributed by atoms with Crippen molar-refractivity contribution < 1.29 is 14.7 Å². The van der Waals surface area contributed by atoms with Crippen molar-refractivity contribution in [3.63, 3.8) is 0 Å². The lowest BCUT2D eigenvalue weighted by Gasteiger charge is -2.39. The molecule has 2 aliphatic rings. The van der Waals surface area contributed by atoms with Crippen LogP contribution in [0.1, 0.15) is 45.4 Å². The smallest absolute Gasteiger partial charge is 0.329 e. The molecule has 2 rings (SSSR count). The summed E-state index contributed by atoms with van der Waals surface area (Å²) in [7, 11) is 0. The third kappa shape index (κ3) is 2.37. The number of aliphatic carboxylic acids is 1. The highest BCUT2D eigenvalue weighted by molar-refractivity contribution is 5.87. The Kier molecular flexibility index (Phi) is 3.26. The summed E-state index contributed by atoms with van der Waals surface area (Å²) in [6, 6.07) is -0.207. The van der Waals surface area contributed by atoms with Gasteiger partial charge in [-0.2, -0.15) is 0 Å².